The highest BCUT2D eigenvalue weighted by Gasteiger charge is 1.90. The summed E-state index contributed by atoms with van der Waals surface area (Å²) < 4.78 is 1.48. The van der Waals surface area contributed by atoms with Crippen LogP contribution in [0.2, 0.25) is 0 Å². The Balaban J connectivity index is 2.88. The number of aliphatic hydroxyl groups excluding tert-OH is 1. The van der Waals surface area contributed by atoms with E-state index >= 15 is 0 Å². The van der Waals surface area contributed by atoms with Gasteiger partial charge in [0.2, 0.25) is 0 Å². The second-order valence-corrected chi connectivity index (χ2v) is 2.64. The number of pyridine rings is 1. The van der Waals surface area contributed by atoms with Crippen molar-refractivity contribution in [2.45, 2.75) is 6.42 Å². The fourth-order valence-electron chi connectivity index (χ4n) is 0.847. The van der Waals surface area contributed by atoms with E-state index in [0.717, 1.165) is 0 Å². The van der Waals surface area contributed by atoms with E-state index in [1.807, 2.05) is 0 Å². The van der Waals surface area contributed by atoms with Crippen LogP contribution in [0.25, 0.3) is 0 Å². The normalized spacial score (nSPS) is 9.08. The number of aromatic nitrogens is 1. The lowest BCUT2D eigenvalue weighted by Crippen LogP contribution is -2.14. The largest absolute Gasteiger partial charge is 0.395 e. The molecule has 1 aromatic rings. The van der Waals surface area contributed by atoms with Crippen molar-refractivity contribution in [3.63, 3.8) is 0 Å². The highest BCUT2D eigenvalue weighted by molar-refractivity contribution is 5.32. The Morgan fingerprint density at radius 3 is 3.00 bits per heavy atom. The lowest BCUT2D eigenvalue weighted by Gasteiger charge is -1.94. The van der Waals surface area contributed by atoms with Crippen molar-refractivity contribution in [3.8, 4) is 11.8 Å². The zero-order valence-electron chi connectivity index (χ0n) is 7.45. The minimum Gasteiger partial charge on any atom is -0.395 e. The molecule has 3 heteroatoms. The Bertz CT molecular complexity index is 395. The SMILES string of the molecule is Cn1ccc(C#CCCO)cc1=O. The summed E-state index contributed by atoms with van der Waals surface area (Å²) in [4.78, 5) is 11.1. The Kier molecular flexibility index (Phi) is 3.30. The quantitative estimate of drug-likeness (QED) is 0.619. The summed E-state index contributed by atoms with van der Waals surface area (Å²) in [5, 5.41) is 8.47. The molecule has 0 amide bonds. The van der Waals surface area contributed by atoms with Crippen LogP contribution in [0.5, 0.6) is 0 Å². The van der Waals surface area contributed by atoms with E-state index in [2.05, 4.69) is 11.8 Å². The van der Waals surface area contributed by atoms with Gasteiger partial charge in [-0.05, 0) is 6.07 Å². The Labute approximate surface area is 76.6 Å². The summed E-state index contributed by atoms with van der Waals surface area (Å²) in [5.74, 6) is 5.54. The topological polar surface area (TPSA) is 42.2 Å². The van der Waals surface area contributed by atoms with Gasteiger partial charge in [-0.25, -0.2) is 0 Å². The van der Waals surface area contributed by atoms with Gasteiger partial charge in [0.1, 0.15) is 0 Å². The molecule has 68 valence electrons. The van der Waals surface area contributed by atoms with Crippen molar-refractivity contribution >= 4 is 0 Å². The summed E-state index contributed by atoms with van der Waals surface area (Å²) in [6.07, 6.45) is 2.11. The lowest BCUT2D eigenvalue weighted by atomic mass is 10.2. The zero-order valence-corrected chi connectivity index (χ0v) is 7.45. The third kappa shape index (κ3) is 2.77. The summed E-state index contributed by atoms with van der Waals surface area (Å²) >= 11 is 0. The summed E-state index contributed by atoms with van der Waals surface area (Å²) in [6.45, 7) is 0.0534. The third-order valence-corrected chi connectivity index (χ3v) is 1.57. The van der Waals surface area contributed by atoms with E-state index in [1.165, 1.54) is 10.6 Å². The first kappa shape index (κ1) is 9.56. The molecule has 0 spiro atoms. The summed E-state index contributed by atoms with van der Waals surface area (Å²) in [5.41, 5.74) is 0.618. The molecule has 1 aromatic heterocycles. The third-order valence-electron chi connectivity index (χ3n) is 1.57. The molecule has 0 saturated heterocycles. The smallest absolute Gasteiger partial charge is 0.251 e. The van der Waals surface area contributed by atoms with Gasteiger partial charge in [0.25, 0.3) is 5.56 Å². The van der Waals surface area contributed by atoms with Crippen LogP contribution in [0, 0.1) is 11.8 Å². The number of rotatable bonds is 1. The molecule has 0 bridgehead atoms. The van der Waals surface area contributed by atoms with Crippen molar-refractivity contribution in [2.75, 3.05) is 6.61 Å². The van der Waals surface area contributed by atoms with Crippen LogP contribution in [0.3, 0.4) is 0 Å². The van der Waals surface area contributed by atoms with Crippen molar-refractivity contribution in [1.29, 1.82) is 0 Å². The van der Waals surface area contributed by atoms with Gasteiger partial charge in [0.05, 0.1) is 6.61 Å². The second-order valence-electron chi connectivity index (χ2n) is 2.64. The molecule has 0 aliphatic carbocycles. The second kappa shape index (κ2) is 4.48. The van der Waals surface area contributed by atoms with E-state index in [0.29, 0.717) is 12.0 Å². The maximum atomic E-state index is 11.1. The molecule has 0 fully saturated rings. The number of aliphatic hydroxyl groups is 1. The van der Waals surface area contributed by atoms with Crippen molar-refractivity contribution < 1.29 is 5.11 Å². The molecule has 0 aromatic carbocycles. The molecule has 1 N–H and O–H groups in total. The standard InChI is InChI=1S/C10H11NO2/c1-11-6-5-9(8-10(11)13)4-2-3-7-12/h5-6,8,12H,3,7H2,1H3. The first-order valence-electron chi connectivity index (χ1n) is 4.00. The van der Waals surface area contributed by atoms with Gasteiger partial charge < -0.3 is 9.67 Å². The predicted octanol–water partition coefficient (Wildman–Crippen LogP) is 0.119. The van der Waals surface area contributed by atoms with Crippen LogP contribution in [-0.4, -0.2) is 16.3 Å². The molecule has 3 nitrogen and oxygen atoms in total. The predicted molar refractivity (Wildman–Crippen MR) is 50.3 cm³/mol. The molecule has 0 aliphatic rings. The van der Waals surface area contributed by atoms with Gasteiger partial charge in [0, 0.05) is 31.3 Å². The fraction of sp³-hybridized carbons (Fsp3) is 0.300. The zero-order chi connectivity index (χ0) is 9.68. The molecule has 0 saturated carbocycles. The number of nitrogens with zero attached hydrogens (tertiary/aromatic N) is 1. The highest BCUT2D eigenvalue weighted by atomic mass is 16.2. The molecule has 0 unspecified atom stereocenters. The number of aryl methyl sites for hydroxylation is 1. The highest BCUT2D eigenvalue weighted by Crippen LogP contribution is 1.90. The lowest BCUT2D eigenvalue weighted by molar-refractivity contribution is 0.305. The minimum absolute atomic E-state index is 0.0534. The van der Waals surface area contributed by atoms with Gasteiger partial charge in [-0.2, -0.15) is 0 Å². The molecule has 0 atom stereocenters. The number of hydrogen-bond donors (Lipinski definition) is 1. The van der Waals surface area contributed by atoms with E-state index in [9.17, 15) is 4.79 Å². The monoisotopic (exact) mass is 177 g/mol. The van der Waals surface area contributed by atoms with Crippen LogP contribution in [0.4, 0.5) is 0 Å². The Morgan fingerprint density at radius 2 is 2.38 bits per heavy atom. The molecule has 1 rings (SSSR count). The van der Waals surface area contributed by atoms with Gasteiger partial charge in [-0.1, -0.05) is 11.8 Å². The fourth-order valence-corrected chi connectivity index (χ4v) is 0.847. The minimum atomic E-state index is -0.0733. The Hall–Kier alpha value is -1.53. The van der Waals surface area contributed by atoms with Crippen LogP contribution in [-0.2, 0) is 7.05 Å². The van der Waals surface area contributed by atoms with Crippen molar-refractivity contribution in [3.05, 3.63) is 34.2 Å². The van der Waals surface area contributed by atoms with Crippen molar-refractivity contribution in [2.24, 2.45) is 7.05 Å². The first-order chi connectivity index (χ1) is 6.24. The molecule has 0 radical (unpaired) electrons. The molecular formula is C10H11NO2. The van der Waals surface area contributed by atoms with Crippen LogP contribution in [0.15, 0.2) is 23.1 Å². The van der Waals surface area contributed by atoms with Crippen LogP contribution >= 0.6 is 0 Å². The molecule has 0 aliphatic heterocycles. The maximum absolute atomic E-state index is 11.1. The number of hydrogen-bond acceptors (Lipinski definition) is 2. The van der Waals surface area contributed by atoms with Crippen LogP contribution < -0.4 is 5.56 Å². The van der Waals surface area contributed by atoms with Gasteiger partial charge >= 0.3 is 0 Å². The average Bonchev–Trinajstić information content (AvgIpc) is 2.12. The van der Waals surface area contributed by atoms with E-state index in [-0.39, 0.29) is 12.2 Å². The molecular weight excluding hydrogens is 166 g/mol. The Morgan fingerprint density at radius 1 is 1.62 bits per heavy atom. The van der Waals surface area contributed by atoms with Crippen LogP contribution in [0.1, 0.15) is 12.0 Å². The maximum Gasteiger partial charge on any atom is 0.251 e. The van der Waals surface area contributed by atoms with E-state index in [1.54, 1.807) is 19.3 Å². The van der Waals surface area contributed by atoms with E-state index in [4.69, 9.17) is 5.11 Å². The first-order valence-corrected chi connectivity index (χ1v) is 4.00. The van der Waals surface area contributed by atoms with E-state index < -0.39 is 0 Å². The summed E-state index contributed by atoms with van der Waals surface area (Å²) in [6, 6.07) is 3.25. The summed E-state index contributed by atoms with van der Waals surface area (Å²) in [7, 11) is 1.69. The average molecular weight is 177 g/mol. The van der Waals surface area contributed by atoms with Gasteiger partial charge in [-0.15, -0.1) is 0 Å². The van der Waals surface area contributed by atoms with Crippen molar-refractivity contribution in [1.82, 2.24) is 4.57 Å². The van der Waals surface area contributed by atoms with Gasteiger partial charge in [0.15, 0.2) is 0 Å². The molecule has 13 heavy (non-hydrogen) atoms. The van der Waals surface area contributed by atoms with Gasteiger partial charge in [-0.3, -0.25) is 4.79 Å². The molecule has 1 heterocycles.